The van der Waals surface area contributed by atoms with E-state index in [2.05, 4.69) is 10.2 Å². The first kappa shape index (κ1) is 17.0. The number of halogens is 1. The average Bonchev–Trinajstić information content (AvgIpc) is 2.42. The van der Waals surface area contributed by atoms with Gasteiger partial charge in [0.05, 0.1) is 0 Å². The summed E-state index contributed by atoms with van der Waals surface area (Å²) in [6, 6.07) is 7.77. The second-order valence-electron chi connectivity index (χ2n) is 4.99. The van der Waals surface area contributed by atoms with E-state index in [1.807, 2.05) is 38.2 Å². The van der Waals surface area contributed by atoms with Gasteiger partial charge in [0.2, 0.25) is 5.91 Å². The molecule has 3 N–H and O–H groups in total. The highest BCUT2D eigenvalue weighted by Gasteiger charge is 2.17. The number of hydrogen-bond acceptors (Lipinski definition) is 3. The molecule has 0 radical (unpaired) electrons. The van der Waals surface area contributed by atoms with Crippen LogP contribution >= 0.6 is 11.6 Å². The summed E-state index contributed by atoms with van der Waals surface area (Å²) < 4.78 is 0. The van der Waals surface area contributed by atoms with Gasteiger partial charge in [-0.3, -0.25) is 9.69 Å². The van der Waals surface area contributed by atoms with E-state index in [-0.39, 0.29) is 11.9 Å². The molecule has 5 heteroatoms. The van der Waals surface area contributed by atoms with Gasteiger partial charge in [-0.05, 0) is 31.2 Å². The van der Waals surface area contributed by atoms with E-state index in [0.29, 0.717) is 19.5 Å². The Morgan fingerprint density at radius 2 is 2.25 bits per heavy atom. The van der Waals surface area contributed by atoms with Crippen LogP contribution < -0.4 is 11.1 Å². The Balaban J connectivity index is 2.54. The zero-order chi connectivity index (χ0) is 15.0. The van der Waals surface area contributed by atoms with Gasteiger partial charge in [-0.2, -0.15) is 0 Å². The minimum absolute atomic E-state index is 0.0332. The minimum atomic E-state index is 0.0332. The third kappa shape index (κ3) is 5.90. The Morgan fingerprint density at radius 3 is 2.85 bits per heavy atom. The molecule has 0 saturated carbocycles. The van der Waals surface area contributed by atoms with Crippen molar-refractivity contribution in [2.75, 3.05) is 20.1 Å². The molecule has 0 aliphatic rings. The van der Waals surface area contributed by atoms with Crippen molar-refractivity contribution < 1.29 is 4.79 Å². The first-order chi connectivity index (χ1) is 9.56. The third-order valence-electron chi connectivity index (χ3n) is 3.21. The van der Waals surface area contributed by atoms with Crippen LogP contribution in [0.15, 0.2) is 24.3 Å². The molecule has 0 heterocycles. The highest BCUT2D eigenvalue weighted by molar-refractivity contribution is 6.30. The molecule has 1 amide bonds. The molecule has 20 heavy (non-hydrogen) atoms. The number of rotatable bonds is 8. The molecule has 1 atom stereocenters. The van der Waals surface area contributed by atoms with E-state index in [4.69, 9.17) is 17.3 Å². The first-order valence-corrected chi connectivity index (χ1v) is 7.36. The zero-order valence-corrected chi connectivity index (χ0v) is 13.0. The fourth-order valence-corrected chi connectivity index (χ4v) is 2.23. The lowest BCUT2D eigenvalue weighted by Gasteiger charge is -2.26. The summed E-state index contributed by atoms with van der Waals surface area (Å²) >= 11 is 5.98. The van der Waals surface area contributed by atoms with Crippen molar-refractivity contribution in [1.29, 1.82) is 0 Å². The number of hydrogen-bond donors (Lipinski definition) is 2. The summed E-state index contributed by atoms with van der Waals surface area (Å²) in [7, 11) is 1.98. The lowest BCUT2D eigenvalue weighted by Crippen LogP contribution is -2.41. The Bertz CT molecular complexity index is 425. The minimum Gasteiger partial charge on any atom is -0.356 e. The van der Waals surface area contributed by atoms with Gasteiger partial charge in [0.15, 0.2) is 0 Å². The largest absolute Gasteiger partial charge is 0.356 e. The van der Waals surface area contributed by atoms with Crippen molar-refractivity contribution in [3.63, 3.8) is 0 Å². The number of carbonyl (C=O) groups is 1. The summed E-state index contributed by atoms with van der Waals surface area (Å²) in [5.74, 6) is 0.0558. The van der Waals surface area contributed by atoms with Crippen LogP contribution in [-0.4, -0.2) is 37.0 Å². The van der Waals surface area contributed by atoms with Crippen LogP contribution in [0.2, 0.25) is 5.02 Å². The molecule has 0 spiro atoms. The van der Waals surface area contributed by atoms with Crippen LogP contribution in [0.5, 0.6) is 0 Å². The Morgan fingerprint density at radius 1 is 1.50 bits per heavy atom. The third-order valence-corrected chi connectivity index (χ3v) is 3.44. The number of benzene rings is 1. The molecule has 0 aromatic heterocycles. The molecule has 0 aliphatic carbocycles. The Labute approximate surface area is 126 Å². The zero-order valence-electron chi connectivity index (χ0n) is 12.2. The summed E-state index contributed by atoms with van der Waals surface area (Å²) in [6.45, 7) is 3.93. The fourth-order valence-electron chi connectivity index (χ4n) is 2.02. The molecule has 1 unspecified atom stereocenters. The van der Waals surface area contributed by atoms with E-state index in [1.54, 1.807) is 0 Å². The smallest absolute Gasteiger partial charge is 0.221 e. The SMILES string of the molecule is CCCNC(=O)CC(CN)N(C)Cc1cccc(Cl)c1. The highest BCUT2D eigenvalue weighted by atomic mass is 35.5. The van der Waals surface area contributed by atoms with Crippen LogP contribution in [0.25, 0.3) is 0 Å². The Hall–Kier alpha value is -1.10. The standard InChI is InChI=1S/C15H24ClN3O/c1-3-7-18-15(20)9-14(10-17)19(2)11-12-5-4-6-13(16)8-12/h4-6,8,14H,3,7,9-11,17H2,1-2H3,(H,18,20). The van der Waals surface area contributed by atoms with Gasteiger partial charge in [-0.1, -0.05) is 30.7 Å². The molecule has 0 bridgehead atoms. The maximum atomic E-state index is 11.8. The fraction of sp³-hybridized carbons (Fsp3) is 0.533. The van der Waals surface area contributed by atoms with Crippen molar-refractivity contribution in [3.8, 4) is 0 Å². The van der Waals surface area contributed by atoms with Crippen molar-refractivity contribution in [3.05, 3.63) is 34.9 Å². The molecular weight excluding hydrogens is 274 g/mol. The molecule has 1 aromatic carbocycles. The van der Waals surface area contributed by atoms with E-state index in [9.17, 15) is 4.79 Å². The van der Waals surface area contributed by atoms with Gasteiger partial charge in [-0.25, -0.2) is 0 Å². The van der Waals surface area contributed by atoms with Crippen LogP contribution in [0, 0.1) is 0 Å². The van der Waals surface area contributed by atoms with Gasteiger partial charge in [0.1, 0.15) is 0 Å². The van der Waals surface area contributed by atoms with Crippen molar-refractivity contribution in [2.45, 2.75) is 32.4 Å². The maximum absolute atomic E-state index is 11.8. The molecule has 4 nitrogen and oxygen atoms in total. The molecule has 112 valence electrons. The molecule has 0 aliphatic heterocycles. The first-order valence-electron chi connectivity index (χ1n) is 6.98. The maximum Gasteiger partial charge on any atom is 0.221 e. The van der Waals surface area contributed by atoms with E-state index in [0.717, 1.165) is 23.6 Å². The molecule has 0 saturated heterocycles. The van der Waals surface area contributed by atoms with Crippen LogP contribution in [0.1, 0.15) is 25.3 Å². The topological polar surface area (TPSA) is 58.4 Å². The molecular formula is C15H24ClN3O. The number of carbonyl (C=O) groups excluding carboxylic acids is 1. The average molecular weight is 298 g/mol. The highest BCUT2D eigenvalue weighted by Crippen LogP contribution is 2.13. The van der Waals surface area contributed by atoms with Crippen LogP contribution in [0.3, 0.4) is 0 Å². The quantitative estimate of drug-likeness (QED) is 0.772. The molecule has 0 fully saturated rings. The van der Waals surface area contributed by atoms with Gasteiger partial charge in [-0.15, -0.1) is 0 Å². The summed E-state index contributed by atoms with van der Waals surface area (Å²) in [6.07, 6.45) is 1.37. The summed E-state index contributed by atoms with van der Waals surface area (Å²) in [4.78, 5) is 13.9. The number of nitrogens with zero attached hydrogens (tertiary/aromatic N) is 1. The van der Waals surface area contributed by atoms with Gasteiger partial charge >= 0.3 is 0 Å². The summed E-state index contributed by atoms with van der Waals surface area (Å²) in [5.41, 5.74) is 6.90. The van der Waals surface area contributed by atoms with Crippen LogP contribution in [0.4, 0.5) is 0 Å². The number of likely N-dealkylation sites (N-methyl/N-ethyl adjacent to an activating group) is 1. The van der Waals surface area contributed by atoms with E-state index < -0.39 is 0 Å². The monoisotopic (exact) mass is 297 g/mol. The van der Waals surface area contributed by atoms with Crippen LogP contribution in [-0.2, 0) is 11.3 Å². The van der Waals surface area contributed by atoms with Crippen molar-refractivity contribution in [1.82, 2.24) is 10.2 Å². The second-order valence-corrected chi connectivity index (χ2v) is 5.43. The van der Waals surface area contributed by atoms with Crippen molar-refractivity contribution in [2.24, 2.45) is 5.73 Å². The lowest BCUT2D eigenvalue weighted by atomic mass is 10.1. The predicted octanol–water partition coefficient (Wildman–Crippen LogP) is 2.02. The molecule has 1 aromatic rings. The van der Waals surface area contributed by atoms with E-state index >= 15 is 0 Å². The normalized spacial score (nSPS) is 12.4. The van der Waals surface area contributed by atoms with E-state index in [1.165, 1.54) is 0 Å². The van der Waals surface area contributed by atoms with Gasteiger partial charge < -0.3 is 11.1 Å². The van der Waals surface area contributed by atoms with Gasteiger partial charge in [0, 0.05) is 37.1 Å². The number of nitrogens with one attached hydrogen (secondary N) is 1. The lowest BCUT2D eigenvalue weighted by molar-refractivity contribution is -0.122. The second kappa shape index (κ2) is 8.95. The molecule has 1 rings (SSSR count). The number of amides is 1. The Kier molecular flexibility index (Phi) is 7.59. The van der Waals surface area contributed by atoms with Gasteiger partial charge in [0.25, 0.3) is 0 Å². The predicted molar refractivity (Wildman–Crippen MR) is 83.7 cm³/mol. The summed E-state index contributed by atoms with van der Waals surface area (Å²) in [5, 5.41) is 3.61. The number of nitrogens with two attached hydrogens (primary N) is 1. The van der Waals surface area contributed by atoms with Crippen molar-refractivity contribution >= 4 is 17.5 Å².